The summed E-state index contributed by atoms with van der Waals surface area (Å²) in [7, 11) is 0. The monoisotopic (exact) mass is 385 g/mol. The number of nitrogens with one attached hydrogen (secondary N) is 3. The lowest BCUT2D eigenvalue weighted by molar-refractivity contribution is -0.122. The summed E-state index contributed by atoms with van der Waals surface area (Å²) in [5.74, 6) is -0.918. The van der Waals surface area contributed by atoms with Gasteiger partial charge in [0.2, 0.25) is 3.79 Å². The molecule has 1 rings (SSSR count). The minimum Gasteiger partial charge on any atom is -0.339 e. The Morgan fingerprint density at radius 2 is 1.95 bits per heavy atom. The van der Waals surface area contributed by atoms with Gasteiger partial charge in [-0.1, -0.05) is 46.9 Å². The highest BCUT2D eigenvalue weighted by molar-refractivity contribution is 7.80. The number of hydrogen-bond acceptors (Lipinski definition) is 2. The zero-order chi connectivity index (χ0) is 16.9. The largest absolute Gasteiger partial charge is 0.339 e. The summed E-state index contributed by atoms with van der Waals surface area (Å²) in [4.78, 5) is 11.1. The van der Waals surface area contributed by atoms with Crippen LogP contribution in [0.3, 0.4) is 0 Å². The van der Waals surface area contributed by atoms with Crippen molar-refractivity contribution in [1.29, 1.82) is 0 Å². The molecule has 0 aliphatic heterocycles. The van der Waals surface area contributed by atoms with E-state index < -0.39 is 22.5 Å². The van der Waals surface area contributed by atoms with Crippen molar-refractivity contribution in [2.45, 2.75) is 23.8 Å². The van der Waals surface area contributed by atoms with Gasteiger partial charge in [0.05, 0.1) is 0 Å². The molecule has 22 heavy (non-hydrogen) atoms. The third kappa shape index (κ3) is 6.12. The number of amides is 1. The summed E-state index contributed by atoms with van der Waals surface area (Å²) in [5, 5.41) is 7.92. The molecule has 4 nitrogen and oxygen atoms in total. The molecule has 9 heteroatoms. The van der Waals surface area contributed by atoms with E-state index >= 15 is 0 Å². The first-order valence-electron chi connectivity index (χ1n) is 6.20. The molecule has 0 aliphatic carbocycles. The van der Waals surface area contributed by atoms with E-state index in [4.69, 9.17) is 47.0 Å². The third-order valence-corrected chi connectivity index (χ3v) is 3.55. The Bertz CT molecular complexity index is 566. The van der Waals surface area contributed by atoms with Crippen molar-refractivity contribution in [2.75, 3.05) is 12.0 Å². The molecule has 0 spiro atoms. The normalized spacial score (nSPS) is 12.5. The van der Waals surface area contributed by atoms with E-state index in [0.29, 0.717) is 0 Å². The molecule has 0 aromatic heterocycles. The molecule has 0 heterocycles. The number of hydrogen-bond donors (Lipinski definition) is 3. The molecule has 0 fully saturated rings. The molecule has 0 aliphatic rings. The Morgan fingerprint density at radius 3 is 2.50 bits per heavy atom. The summed E-state index contributed by atoms with van der Waals surface area (Å²) >= 11 is 22.4. The van der Waals surface area contributed by atoms with Gasteiger partial charge in [0.15, 0.2) is 11.8 Å². The first-order chi connectivity index (χ1) is 10.1. The van der Waals surface area contributed by atoms with Crippen molar-refractivity contribution in [1.82, 2.24) is 10.6 Å². The van der Waals surface area contributed by atoms with Gasteiger partial charge in [-0.2, -0.15) is 0 Å². The van der Waals surface area contributed by atoms with Crippen molar-refractivity contribution >= 4 is 63.7 Å². The van der Waals surface area contributed by atoms with E-state index in [1.165, 1.54) is 0 Å². The molecule has 0 saturated heterocycles. The van der Waals surface area contributed by atoms with Crippen LogP contribution in [0.5, 0.6) is 0 Å². The van der Waals surface area contributed by atoms with E-state index in [1.807, 2.05) is 32.0 Å². The van der Waals surface area contributed by atoms with Crippen molar-refractivity contribution in [3.8, 4) is 0 Å². The van der Waals surface area contributed by atoms with Crippen LogP contribution in [0.25, 0.3) is 0 Å². The van der Waals surface area contributed by atoms with E-state index in [2.05, 4.69) is 16.0 Å². The Labute approximate surface area is 148 Å². The molecule has 1 aromatic rings. The average Bonchev–Trinajstić information content (AvgIpc) is 2.41. The van der Waals surface area contributed by atoms with E-state index in [1.54, 1.807) is 0 Å². The zero-order valence-electron chi connectivity index (χ0n) is 11.8. The first-order valence-corrected chi connectivity index (χ1v) is 7.74. The van der Waals surface area contributed by atoms with Gasteiger partial charge in [-0.05, 0) is 43.3 Å². The summed E-state index contributed by atoms with van der Waals surface area (Å²) < 4.78 is 10.4. The fourth-order valence-electron chi connectivity index (χ4n) is 1.56. The fourth-order valence-corrected chi connectivity index (χ4v) is 2.11. The zero-order valence-corrected chi connectivity index (χ0v) is 14.9. The van der Waals surface area contributed by atoms with Gasteiger partial charge in [0, 0.05) is 5.69 Å². The second-order valence-electron chi connectivity index (χ2n) is 4.59. The van der Waals surface area contributed by atoms with Crippen LogP contribution in [0.2, 0.25) is 0 Å². The molecule has 0 unspecified atom stereocenters. The molecule has 122 valence electrons. The van der Waals surface area contributed by atoms with Gasteiger partial charge >= 0.3 is 0 Å². The molecule has 0 radical (unpaired) electrons. The number of rotatable bonds is 4. The number of alkyl halides is 4. The van der Waals surface area contributed by atoms with Crippen LogP contribution in [0.15, 0.2) is 18.2 Å². The molecule has 1 amide bonds. The first kappa shape index (κ1) is 19.2. The number of aryl methyl sites for hydroxylation is 2. The summed E-state index contributed by atoms with van der Waals surface area (Å²) in [6.07, 6.45) is -1.18. The molecule has 0 saturated carbocycles. The lowest BCUT2D eigenvalue weighted by Crippen LogP contribution is -2.56. The van der Waals surface area contributed by atoms with Gasteiger partial charge < -0.3 is 16.0 Å². The van der Waals surface area contributed by atoms with Crippen LogP contribution in [0.4, 0.5) is 10.1 Å². The van der Waals surface area contributed by atoms with E-state index in [9.17, 15) is 9.18 Å². The van der Waals surface area contributed by atoms with Crippen LogP contribution < -0.4 is 16.0 Å². The molecular weight excluding hydrogens is 372 g/mol. The van der Waals surface area contributed by atoms with Crippen molar-refractivity contribution in [3.05, 3.63) is 29.3 Å². The number of halogens is 4. The quantitative estimate of drug-likeness (QED) is 0.422. The van der Waals surface area contributed by atoms with E-state index in [0.717, 1.165) is 16.8 Å². The summed E-state index contributed by atoms with van der Waals surface area (Å²) in [6, 6.07) is 5.79. The minimum absolute atomic E-state index is 0.129. The Kier molecular flexibility index (Phi) is 7.12. The SMILES string of the molecule is Cc1ccc(C)c(NC(=S)N[C@@H](NC(=O)CF)C(Cl)(Cl)Cl)c1. The molecule has 1 aromatic carbocycles. The highest BCUT2D eigenvalue weighted by Crippen LogP contribution is 2.29. The summed E-state index contributed by atoms with van der Waals surface area (Å²) in [6.45, 7) is 2.62. The smallest absolute Gasteiger partial charge is 0.253 e. The van der Waals surface area contributed by atoms with Gasteiger partial charge in [-0.25, -0.2) is 4.39 Å². The Hall–Kier alpha value is -0.820. The molecule has 0 bridgehead atoms. The third-order valence-electron chi connectivity index (χ3n) is 2.67. The maximum absolute atomic E-state index is 12.3. The predicted molar refractivity (Wildman–Crippen MR) is 93.5 cm³/mol. The standard InChI is InChI=1S/C13H15Cl3FN3OS/c1-7-3-4-8(2)9(5-7)18-12(22)20-11(13(14,15)16)19-10(21)6-17/h3-5,11H,6H2,1-2H3,(H,19,21)(H2,18,20,22)/t11-/m1/s1. The number of benzene rings is 1. The lowest BCUT2D eigenvalue weighted by Gasteiger charge is -2.27. The Morgan fingerprint density at radius 1 is 1.32 bits per heavy atom. The van der Waals surface area contributed by atoms with Crippen molar-refractivity contribution < 1.29 is 9.18 Å². The summed E-state index contributed by atoms with van der Waals surface area (Å²) in [5.41, 5.74) is 2.78. The van der Waals surface area contributed by atoms with E-state index in [-0.39, 0.29) is 5.11 Å². The van der Waals surface area contributed by atoms with Crippen LogP contribution in [-0.2, 0) is 4.79 Å². The second kappa shape index (κ2) is 8.15. The van der Waals surface area contributed by atoms with Crippen molar-refractivity contribution in [3.63, 3.8) is 0 Å². The number of carbonyl (C=O) groups excluding carboxylic acids is 1. The number of anilines is 1. The molecule has 3 N–H and O–H groups in total. The highest BCUT2D eigenvalue weighted by atomic mass is 35.6. The van der Waals surface area contributed by atoms with Crippen LogP contribution in [0, 0.1) is 13.8 Å². The van der Waals surface area contributed by atoms with Gasteiger partial charge in [-0.15, -0.1) is 0 Å². The fraction of sp³-hybridized carbons (Fsp3) is 0.385. The average molecular weight is 387 g/mol. The molecular formula is C13H15Cl3FN3OS. The van der Waals surface area contributed by atoms with Gasteiger partial charge in [0.1, 0.15) is 6.17 Å². The molecule has 1 atom stereocenters. The second-order valence-corrected chi connectivity index (χ2v) is 7.37. The number of thiocarbonyl (C=S) groups is 1. The van der Waals surface area contributed by atoms with Crippen LogP contribution in [-0.4, -0.2) is 27.7 Å². The minimum atomic E-state index is -1.90. The Balaban J connectivity index is 2.79. The maximum Gasteiger partial charge on any atom is 0.253 e. The predicted octanol–water partition coefficient (Wildman–Crippen LogP) is 3.37. The van der Waals surface area contributed by atoms with Crippen LogP contribution >= 0.6 is 47.0 Å². The highest BCUT2D eigenvalue weighted by Gasteiger charge is 2.34. The maximum atomic E-state index is 12.3. The van der Waals surface area contributed by atoms with Gasteiger partial charge in [-0.3, -0.25) is 4.79 Å². The van der Waals surface area contributed by atoms with Gasteiger partial charge in [0.25, 0.3) is 5.91 Å². The van der Waals surface area contributed by atoms with Crippen molar-refractivity contribution in [2.24, 2.45) is 0 Å². The number of carbonyl (C=O) groups is 1. The topological polar surface area (TPSA) is 53.2 Å². The lowest BCUT2D eigenvalue weighted by atomic mass is 10.1. The van der Waals surface area contributed by atoms with Crippen LogP contribution in [0.1, 0.15) is 11.1 Å².